The van der Waals surface area contributed by atoms with Crippen molar-refractivity contribution in [1.82, 2.24) is 0 Å². The lowest BCUT2D eigenvalue weighted by molar-refractivity contribution is -0.344. The van der Waals surface area contributed by atoms with E-state index in [1.807, 2.05) is 26.0 Å². The van der Waals surface area contributed by atoms with E-state index >= 15 is 0 Å². The molecule has 0 N–H and O–H groups in total. The largest absolute Gasteiger partial charge is 0.451 e. The molecule has 4 unspecified atom stereocenters. The van der Waals surface area contributed by atoms with Crippen LogP contribution in [0.4, 0.5) is 0 Å². The summed E-state index contributed by atoms with van der Waals surface area (Å²) in [5.74, 6) is -1.21. The van der Waals surface area contributed by atoms with Crippen LogP contribution >= 0.6 is 0 Å². The van der Waals surface area contributed by atoms with Gasteiger partial charge in [-0.3, -0.25) is 4.79 Å². The van der Waals surface area contributed by atoms with Gasteiger partial charge in [-0.1, -0.05) is 89.1 Å². The van der Waals surface area contributed by atoms with Gasteiger partial charge in [0.1, 0.15) is 18.3 Å². The molecule has 0 aromatic heterocycles. The molecule has 2 heterocycles. The lowest BCUT2D eigenvalue weighted by Gasteiger charge is -2.49. The van der Waals surface area contributed by atoms with Crippen LogP contribution in [0.2, 0.25) is 0 Å². The molecule has 2 aliphatic heterocycles. The highest BCUT2D eigenvalue weighted by molar-refractivity contribution is 5.89. The molecule has 0 amide bonds. The summed E-state index contributed by atoms with van der Waals surface area (Å²) in [6, 6.07) is 19.3. The lowest BCUT2D eigenvalue weighted by atomic mass is 9.87. The number of aryl methyl sites for hydroxylation is 1. The zero-order valence-electron chi connectivity index (χ0n) is 29.6. The maximum absolute atomic E-state index is 13.3. The van der Waals surface area contributed by atoms with E-state index in [-0.39, 0.29) is 29.8 Å². The van der Waals surface area contributed by atoms with E-state index in [0.29, 0.717) is 25.2 Å². The molecule has 0 saturated carbocycles. The standard InChI is InChI=1S/C39H56O9/c1-7-9-24-43-35-27(4)33(31(8-2)45-38(35)44-25-18-12-15-21-29-19-13-10-14-20-29)48-39-36(46-37(41)30-22-16-11-17-23-30)34(42-6)26(3)32(47-39)28(5)40/h10-11,13-14,16-17,19-20,22-23,26-27,31-36,38-39H,7-9,12,15,18,21,24-25H2,1-6H3/t26-,27-,31?,32?,33-,34+,35?,36?,38+,39-/m0/s1. The molecule has 266 valence electrons. The second-order valence-corrected chi connectivity index (χ2v) is 13.1. The van der Waals surface area contributed by atoms with Gasteiger partial charge in [-0.05, 0) is 56.7 Å². The number of esters is 1. The Hall–Kier alpha value is -2.66. The van der Waals surface area contributed by atoms with Crippen molar-refractivity contribution >= 4 is 11.8 Å². The van der Waals surface area contributed by atoms with Gasteiger partial charge in [-0.25, -0.2) is 4.79 Å². The summed E-state index contributed by atoms with van der Waals surface area (Å²) in [5, 5.41) is 0. The fraction of sp³-hybridized carbons (Fsp3) is 0.641. The molecule has 2 fully saturated rings. The highest BCUT2D eigenvalue weighted by Crippen LogP contribution is 2.38. The number of ether oxygens (including phenoxy) is 7. The predicted octanol–water partition coefficient (Wildman–Crippen LogP) is 6.95. The summed E-state index contributed by atoms with van der Waals surface area (Å²) in [6.07, 6.45) is 1.48. The zero-order chi connectivity index (χ0) is 34.5. The number of hydrogen-bond donors (Lipinski definition) is 0. The topological polar surface area (TPSA) is 98.8 Å². The SMILES string of the molecule is CCCCOC1[C@H](OCCCCCc2ccccc2)OC(CC)[C@@H](O[C@@H]2OC(C(C)=O)[C@H](C)[C@@H](OC)C2OC(=O)c2ccccc2)[C@@H]1C. The molecule has 0 aliphatic carbocycles. The van der Waals surface area contributed by atoms with Crippen LogP contribution in [0.3, 0.4) is 0 Å². The number of carbonyl (C=O) groups excluding carboxylic acids is 2. The number of unbranched alkanes of at least 4 members (excludes halogenated alkanes) is 3. The van der Waals surface area contributed by atoms with Gasteiger partial charge in [-0.15, -0.1) is 0 Å². The number of benzene rings is 2. The molecule has 9 heteroatoms. The number of hydrogen-bond acceptors (Lipinski definition) is 9. The monoisotopic (exact) mass is 668 g/mol. The maximum Gasteiger partial charge on any atom is 0.338 e. The molecule has 2 aliphatic rings. The summed E-state index contributed by atoms with van der Waals surface area (Å²) >= 11 is 0. The van der Waals surface area contributed by atoms with Crippen LogP contribution in [0.5, 0.6) is 0 Å². The number of ketones is 1. The summed E-state index contributed by atoms with van der Waals surface area (Å²) in [5.41, 5.74) is 1.75. The van der Waals surface area contributed by atoms with Crippen molar-refractivity contribution in [2.75, 3.05) is 20.3 Å². The first-order valence-corrected chi connectivity index (χ1v) is 17.8. The van der Waals surface area contributed by atoms with Crippen molar-refractivity contribution in [2.45, 2.75) is 129 Å². The Balaban J connectivity index is 1.48. The van der Waals surface area contributed by atoms with Crippen molar-refractivity contribution in [3.8, 4) is 0 Å². The van der Waals surface area contributed by atoms with Crippen LogP contribution in [-0.2, 0) is 44.4 Å². The van der Waals surface area contributed by atoms with E-state index < -0.39 is 43.0 Å². The van der Waals surface area contributed by atoms with Crippen molar-refractivity contribution in [3.63, 3.8) is 0 Å². The van der Waals surface area contributed by atoms with E-state index in [4.69, 9.17) is 33.2 Å². The number of carbonyl (C=O) groups is 2. The highest BCUT2D eigenvalue weighted by Gasteiger charge is 2.52. The molecular weight excluding hydrogens is 612 g/mol. The first-order valence-electron chi connectivity index (χ1n) is 17.8. The normalized spacial score (nSPS) is 30.5. The fourth-order valence-electron chi connectivity index (χ4n) is 6.76. The van der Waals surface area contributed by atoms with Crippen LogP contribution in [0, 0.1) is 11.8 Å². The molecule has 2 saturated heterocycles. The quantitative estimate of drug-likeness (QED) is 0.123. The summed E-state index contributed by atoms with van der Waals surface area (Å²) < 4.78 is 44.4. The van der Waals surface area contributed by atoms with Gasteiger partial charge in [-0.2, -0.15) is 0 Å². The Morgan fingerprint density at radius 1 is 0.729 bits per heavy atom. The van der Waals surface area contributed by atoms with E-state index in [1.54, 1.807) is 31.4 Å². The summed E-state index contributed by atoms with van der Waals surface area (Å²) in [7, 11) is 1.55. The van der Waals surface area contributed by atoms with E-state index in [9.17, 15) is 9.59 Å². The van der Waals surface area contributed by atoms with E-state index in [1.165, 1.54) is 12.5 Å². The molecule has 0 spiro atoms. The average Bonchev–Trinajstić information content (AvgIpc) is 3.10. The van der Waals surface area contributed by atoms with Crippen molar-refractivity contribution in [2.24, 2.45) is 11.8 Å². The van der Waals surface area contributed by atoms with Gasteiger partial charge in [0, 0.05) is 32.2 Å². The van der Waals surface area contributed by atoms with E-state index in [2.05, 4.69) is 38.1 Å². The number of rotatable bonds is 18. The van der Waals surface area contributed by atoms with Crippen molar-refractivity contribution in [1.29, 1.82) is 0 Å². The molecular formula is C39H56O9. The minimum Gasteiger partial charge on any atom is -0.451 e. The van der Waals surface area contributed by atoms with Gasteiger partial charge in [0.05, 0.1) is 17.8 Å². The van der Waals surface area contributed by atoms with Crippen LogP contribution in [-0.4, -0.2) is 81.3 Å². The third-order valence-corrected chi connectivity index (χ3v) is 9.51. The third-order valence-electron chi connectivity index (χ3n) is 9.51. The van der Waals surface area contributed by atoms with Gasteiger partial charge in [0.2, 0.25) is 0 Å². The Bertz CT molecular complexity index is 1220. The Morgan fingerprint density at radius 2 is 1.42 bits per heavy atom. The van der Waals surface area contributed by atoms with Crippen LogP contribution in [0.15, 0.2) is 60.7 Å². The molecule has 48 heavy (non-hydrogen) atoms. The molecule has 10 atom stereocenters. The van der Waals surface area contributed by atoms with Crippen LogP contribution in [0.1, 0.15) is 89.1 Å². The number of Topliss-reactive ketones (excluding diaryl/α,β-unsaturated/α-hetero) is 1. The third kappa shape index (κ3) is 10.2. The first kappa shape index (κ1) is 38.1. The van der Waals surface area contributed by atoms with Crippen LogP contribution < -0.4 is 0 Å². The summed E-state index contributed by atoms with van der Waals surface area (Å²) in [4.78, 5) is 26.0. The van der Waals surface area contributed by atoms with E-state index in [0.717, 1.165) is 38.5 Å². The molecule has 4 rings (SSSR count). The molecule has 9 nitrogen and oxygen atoms in total. The average molecular weight is 669 g/mol. The second-order valence-electron chi connectivity index (χ2n) is 13.1. The fourth-order valence-corrected chi connectivity index (χ4v) is 6.76. The Morgan fingerprint density at radius 3 is 2.06 bits per heavy atom. The summed E-state index contributed by atoms with van der Waals surface area (Å²) in [6.45, 7) is 10.7. The van der Waals surface area contributed by atoms with Gasteiger partial charge >= 0.3 is 5.97 Å². The lowest BCUT2D eigenvalue weighted by Crippen LogP contribution is -2.62. The van der Waals surface area contributed by atoms with Gasteiger partial charge in [0.25, 0.3) is 0 Å². The van der Waals surface area contributed by atoms with Crippen molar-refractivity contribution in [3.05, 3.63) is 71.8 Å². The predicted molar refractivity (Wildman–Crippen MR) is 183 cm³/mol. The maximum atomic E-state index is 13.3. The van der Waals surface area contributed by atoms with Gasteiger partial charge in [0.15, 0.2) is 24.5 Å². The highest BCUT2D eigenvalue weighted by atomic mass is 16.7. The van der Waals surface area contributed by atoms with Gasteiger partial charge < -0.3 is 33.2 Å². The molecule has 2 aromatic rings. The molecule has 2 aromatic carbocycles. The minimum atomic E-state index is -1.07. The van der Waals surface area contributed by atoms with Crippen LogP contribution in [0.25, 0.3) is 0 Å². The molecule has 0 bridgehead atoms. The van der Waals surface area contributed by atoms with Crippen molar-refractivity contribution < 1.29 is 42.7 Å². The smallest absolute Gasteiger partial charge is 0.338 e. The Kier molecular flexibility index (Phi) is 15.5. The first-order chi connectivity index (χ1) is 23.3. The molecule has 0 radical (unpaired) electrons. The number of methoxy groups -OCH3 is 1. The zero-order valence-corrected chi connectivity index (χ0v) is 29.6. The Labute approximate surface area is 286 Å². The minimum absolute atomic E-state index is 0.149. The second kappa shape index (κ2) is 19.5.